The van der Waals surface area contributed by atoms with Crippen LogP contribution in [0, 0.1) is 26.7 Å². The minimum Gasteiger partial charge on any atom is -0.396 e. The van der Waals surface area contributed by atoms with E-state index >= 15 is 0 Å². The van der Waals surface area contributed by atoms with E-state index in [1.165, 1.54) is 27.8 Å². The van der Waals surface area contributed by atoms with E-state index in [4.69, 9.17) is 0 Å². The molecule has 1 unspecified atom stereocenters. The monoisotopic (exact) mass is 375 g/mol. The summed E-state index contributed by atoms with van der Waals surface area (Å²) in [6.07, 6.45) is 0.911. The second-order valence-electron chi connectivity index (χ2n) is 6.33. The van der Waals surface area contributed by atoms with Crippen LogP contribution in [0.4, 0.5) is 0 Å². The predicted octanol–water partition coefficient (Wildman–Crippen LogP) is 4.32. The number of hydrogen-bond donors (Lipinski definition) is 2. The van der Waals surface area contributed by atoms with Gasteiger partial charge in [-0.1, -0.05) is 40.2 Å². The molecule has 1 atom stereocenters. The minimum absolute atomic E-state index is 0.208. The van der Waals surface area contributed by atoms with Crippen LogP contribution in [0.2, 0.25) is 0 Å². The van der Waals surface area contributed by atoms with Crippen molar-refractivity contribution in [2.75, 3.05) is 13.2 Å². The lowest BCUT2D eigenvalue weighted by atomic mass is 9.96. The topological polar surface area (TPSA) is 32.3 Å². The van der Waals surface area contributed by atoms with E-state index in [1.807, 2.05) is 0 Å². The molecule has 3 heteroatoms. The van der Waals surface area contributed by atoms with Gasteiger partial charge in [-0.15, -0.1) is 0 Å². The second kappa shape index (κ2) is 8.62. The number of aliphatic hydroxyl groups is 1. The van der Waals surface area contributed by atoms with E-state index in [-0.39, 0.29) is 12.5 Å². The molecule has 0 spiro atoms. The molecule has 0 amide bonds. The normalized spacial score (nSPS) is 12.4. The van der Waals surface area contributed by atoms with E-state index in [0.29, 0.717) is 0 Å². The van der Waals surface area contributed by atoms with Gasteiger partial charge >= 0.3 is 0 Å². The summed E-state index contributed by atoms with van der Waals surface area (Å²) in [5, 5.41) is 13.2. The lowest BCUT2D eigenvalue weighted by Crippen LogP contribution is -2.27. The van der Waals surface area contributed by atoms with Gasteiger partial charge in [0.25, 0.3) is 0 Å². The van der Waals surface area contributed by atoms with Crippen LogP contribution in [0.3, 0.4) is 0 Å². The highest BCUT2D eigenvalue weighted by Gasteiger charge is 2.11. The smallest absolute Gasteiger partial charge is 0.0474 e. The highest BCUT2D eigenvalue weighted by molar-refractivity contribution is 9.10. The predicted molar refractivity (Wildman–Crippen MR) is 101 cm³/mol. The lowest BCUT2D eigenvalue weighted by Gasteiger charge is -2.18. The zero-order valence-corrected chi connectivity index (χ0v) is 15.8. The molecule has 0 aromatic heterocycles. The first kappa shape index (κ1) is 18.2. The highest BCUT2D eigenvalue weighted by Crippen LogP contribution is 2.20. The fourth-order valence-corrected chi connectivity index (χ4v) is 3.66. The molecule has 0 aliphatic rings. The molecule has 0 radical (unpaired) electrons. The SMILES string of the molecule is Cc1ccccc1CC(CO)CNCc1c(C)cc(Br)cc1C. The number of hydrogen-bond acceptors (Lipinski definition) is 2. The Kier molecular flexibility index (Phi) is 6.82. The van der Waals surface area contributed by atoms with E-state index < -0.39 is 0 Å². The van der Waals surface area contributed by atoms with Gasteiger partial charge in [0.05, 0.1) is 0 Å². The van der Waals surface area contributed by atoms with Gasteiger partial charge in [0.15, 0.2) is 0 Å². The largest absolute Gasteiger partial charge is 0.396 e. The molecule has 0 aliphatic heterocycles. The lowest BCUT2D eigenvalue weighted by molar-refractivity contribution is 0.221. The van der Waals surface area contributed by atoms with Gasteiger partial charge < -0.3 is 10.4 Å². The standard InChI is InChI=1S/C20H26BrNO/c1-14-6-4-5-7-18(14)10-17(13-23)11-22-12-20-15(2)8-19(21)9-16(20)3/h4-9,17,22-23H,10-13H2,1-3H3. The molecule has 0 bridgehead atoms. The average molecular weight is 376 g/mol. The first-order chi connectivity index (χ1) is 11.0. The fraction of sp³-hybridized carbons (Fsp3) is 0.400. The Labute approximate surface area is 148 Å². The first-order valence-corrected chi connectivity index (χ1v) is 8.92. The first-order valence-electron chi connectivity index (χ1n) is 8.13. The van der Waals surface area contributed by atoms with Crippen molar-refractivity contribution in [3.63, 3.8) is 0 Å². The molecule has 124 valence electrons. The van der Waals surface area contributed by atoms with E-state index in [2.05, 4.69) is 78.4 Å². The Bertz CT molecular complexity index is 631. The third-order valence-corrected chi connectivity index (χ3v) is 4.88. The molecule has 2 aromatic rings. The van der Waals surface area contributed by atoms with Crippen LogP contribution in [0.15, 0.2) is 40.9 Å². The molecular formula is C20H26BrNO. The van der Waals surface area contributed by atoms with Crippen LogP contribution in [-0.2, 0) is 13.0 Å². The van der Waals surface area contributed by atoms with Crippen molar-refractivity contribution in [3.8, 4) is 0 Å². The van der Waals surface area contributed by atoms with E-state index in [1.54, 1.807) is 0 Å². The summed E-state index contributed by atoms with van der Waals surface area (Å²) in [5.41, 5.74) is 6.56. The van der Waals surface area contributed by atoms with Crippen LogP contribution in [0.5, 0.6) is 0 Å². The molecule has 0 saturated heterocycles. The minimum atomic E-state index is 0.208. The summed E-state index contributed by atoms with van der Waals surface area (Å²) < 4.78 is 1.13. The van der Waals surface area contributed by atoms with Gasteiger partial charge in [-0.3, -0.25) is 0 Å². The molecule has 2 nitrogen and oxygen atoms in total. The van der Waals surface area contributed by atoms with Crippen molar-refractivity contribution in [3.05, 3.63) is 68.7 Å². The summed E-state index contributed by atoms with van der Waals surface area (Å²) in [7, 11) is 0. The van der Waals surface area contributed by atoms with Gasteiger partial charge in [-0.2, -0.15) is 0 Å². The van der Waals surface area contributed by atoms with Crippen LogP contribution in [-0.4, -0.2) is 18.3 Å². The Morgan fingerprint density at radius 2 is 1.70 bits per heavy atom. The van der Waals surface area contributed by atoms with Crippen LogP contribution in [0.1, 0.15) is 27.8 Å². The average Bonchev–Trinajstić information content (AvgIpc) is 2.50. The molecule has 2 aromatic carbocycles. The van der Waals surface area contributed by atoms with Gasteiger partial charge in [-0.25, -0.2) is 0 Å². The molecule has 23 heavy (non-hydrogen) atoms. The number of halogens is 1. The third kappa shape index (κ3) is 5.17. The van der Waals surface area contributed by atoms with Crippen molar-refractivity contribution in [2.45, 2.75) is 33.7 Å². The molecule has 0 saturated carbocycles. The number of nitrogens with one attached hydrogen (secondary N) is 1. The molecular weight excluding hydrogens is 350 g/mol. The zero-order valence-electron chi connectivity index (χ0n) is 14.2. The summed E-state index contributed by atoms with van der Waals surface area (Å²) >= 11 is 3.54. The Morgan fingerprint density at radius 3 is 2.30 bits per heavy atom. The number of aliphatic hydroxyl groups excluding tert-OH is 1. The summed E-state index contributed by atoms with van der Waals surface area (Å²) in [4.78, 5) is 0. The van der Waals surface area contributed by atoms with Crippen LogP contribution in [0.25, 0.3) is 0 Å². The van der Waals surface area contributed by atoms with Gasteiger partial charge in [0.2, 0.25) is 0 Å². The third-order valence-electron chi connectivity index (χ3n) is 4.42. The Hall–Kier alpha value is -1.16. The fourth-order valence-electron chi connectivity index (χ4n) is 2.97. The molecule has 2 N–H and O–H groups in total. The van der Waals surface area contributed by atoms with Gasteiger partial charge in [0.1, 0.15) is 0 Å². The maximum Gasteiger partial charge on any atom is 0.0474 e. The van der Waals surface area contributed by atoms with Crippen LogP contribution < -0.4 is 5.32 Å². The molecule has 0 fully saturated rings. The van der Waals surface area contributed by atoms with E-state index in [0.717, 1.165) is 24.0 Å². The van der Waals surface area contributed by atoms with Crippen LogP contribution >= 0.6 is 15.9 Å². The van der Waals surface area contributed by atoms with Gasteiger partial charge in [0, 0.05) is 24.2 Å². The maximum atomic E-state index is 9.67. The number of rotatable bonds is 7. The summed E-state index contributed by atoms with van der Waals surface area (Å²) in [6, 6.07) is 12.7. The second-order valence-corrected chi connectivity index (χ2v) is 7.24. The molecule has 2 rings (SSSR count). The van der Waals surface area contributed by atoms with Crippen molar-refractivity contribution >= 4 is 15.9 Å². The van der Waals surface area contributed by atoms with Crippen molar-refractivity contribution in [2.24, 2.45) is 5.92 Å². The zero-order chi connectivity index (χ0) is 16.8. The highest BCUT2D eigenvalue weighted by atomic mass is 79.9. The van der Waals surface area contributed by atoms with Crippen molar-refractivity contribution < 1.29 is 5.11 Å². The van der Waals surface area contributed by atoms with Crippen molar-refractivity contribution in [1.29, 1.82) is 0 Å². The quantitative estimate of drug-likeness (QED) is 0.755. The molecule has 0 aliphatic carbocycles. The van der Waals surface area contributed by atoms with Crippen molar-refractivity contribution in [1.82, 2.24) is 5.32 Å². The number of aryl methyl sites for hydroxylation is 3. The summed E-state index contributed by atoms with van der Waals surface area (Å²) in [6.45, 7) is 8.29. The number of benzene rings is 2. The summed E-state index contributed by atoms with van der Waals surface area (Å²) in [5.74, 6) is 0.243. The molecule has 0 heterocycles. The Balaban J connectivity index is 1.93. The van der Waals surface area contributed by atoms with E-state index in [9.17, 15) is 5.11 Å². The maximum absolute atomic E-state index is 9.67. The Morgan fingerprint density at radius 1 is 1.04 bits per heavy atom. The van der Waals surface area contributed by atoms with Gasteiger partial charge in [-0.05, 0) is 73.1 Å².